The zero-order valence-corrected chi connectivity index (χ0v) is 9.83. The average Bonchev–Trinajstić information content (AvgIpc) is 2.16. The summed E-state index contributed by atoms with van der Waals surface area (Å²) < 4.78 is 21.8. The number of benzene rings is 1. The molecule has 0 saturated heterocycles. The third-order valence-corrected chi connectivity index (χ3v) is 3.21. The van der Waals surface area contributed by atoms with Gasteiger partial charge < -0.3 is 5.11 Å². The van der Waals surface area contributed by atoms with Crippen molar-refractivity contribution in [3.63, 3.8) is 0 Å². The molecule has 16 heavy (non-hydrogen) atoms. The first-order chi connectivity index (χ1) is 7.38. The second kappa shape index (κ2) is 5.12. The van der Waals surface area contributed by atoms with Crippen LogP contribution in [0.4, 0.5) is 0 Å². The molecule has 0 fully saturated rings. The van der Waals surface area contributed by atoms with E-state index < -0.39 is 15.8 Å². The average molecular weight is 242 g/mol. The smallest absolute Gasteiger partial charge is 0.335 e. The van der Waals surface area contributed by atoms with Crippen molar-refractivity contribution >= 4 is 15.8 Å². The maximum absolute atomic E-state index is 10.9. The van der Waals surface area contributed by atoms with E-state index in [1.807, 2.05) is 0 Å². The summed E-state index contributed by atoms with van der Waals surface area (Å²) in [6.45, 7) is 0. The van der Waals surface area contributed by atoms with Gasteiger partial charge in [-0.25, -0.2) is 13.2 Å². The molecule has 0 aromatic heterocycles. The van der Waals surface area contributed by atoms with Crippen molar-refractivity contribution in [1.29, 1.82) is 0 Å². The molecular formula is C11H14O4S. The molecule has 1 aromatic rings. The van der Waals surface area contributed by atoms with E-state index in [9.17, 15) is 13.2 Å². The maximum Gasteiger partial charge on any atom is 0.335 e. The van der Waals surface area contributed by atoms with Gasteiger partial charge in [-0.05, 0) is 30.5 Å². The molecule has 0 aliphatic heterocycles. The van der Waals surface area contributed by atoms with Gasteiger partial charge in [0.15, 0.2) is 0 Å². The first kappa shape index (κ1) is 12.7. The van der Waals surface area contributed by atoms with Crippen molar-refractivity contribution in [3.8, 4) is 0 Å². The first-order valence-corrected chi connectivity index (χ1v) is 6.94. The quantitative estimate of drug-likeness (QED) is 0.846. The molecule has 0 unspecified atom stereocenters. The SMILES string of the molecule is CS(=O)(=O)CCCc1ccc(C(=O)O)cc1. The molecule has 1 N–H and O–H groups in total. The third kappa shape index (κ3) is 4.44. The summed E-state index contributed by atoms with van der Waals surface area (Å²) in [6, 6.07) is 6.48. The Bertz CT molecular complexity index is 459. The zero-order chi connectivity index (χ0) is 12.2. The van der Waals surface area contributed by atoms with Crippen LogP contribution in [0.5, 0.6) is 0 Å². The van der Waals surface area contributed by atoms with E-state index in [-0.39, 0.29) is 11.3 Å². The molecular weight excluding hydrogens is 228 g/mol. The molecule has 0 aliphatic carbocycles. The predicted octanol–water partition coefficient (Wildman–Crippen LogP) is 1.36. The lowest BCUT2D eigenvalue weighted by atomic mass is 10.1. The minimum absolute atomic E-state index is 0.160. The molecule has 0 aliphatic rings. The Kier molecular flexibility index (Phi) is 4.06. The number of sulfone groups is 1. The van der Waals surface area contributed by atoms with Gasteiger partial charge >= 0.3 is 5.97 Å². The van der Waals surface area contributed by atoms with Crippen molar-refractivity contribution in [2.45, 2.75) is 12.8 Å². The van der Waals surface area contributed by atoms with Gasteiger partial charge in [-0.1, -0.05) is 12.1 Å². The minimum Gasteiger partial charge on any atom is -0.478 e. The Morgan fingerprint density at radius 1 is 1.25 bits per heavy atom. The van der Waals surface area contributed by atoms with Crippen molar-refractivity contribution in [1.82, 2.24) is 0 Å². The Morgan fingerprint density at radius 2 is 1.81 bits per heavy atom. The van der Waals surface area contributed by atoms with Crippen molar-refractivity contribution in [3.05, 3.63) is 35.4 Å². The highest BCUT2D eigenvalue weighted by Gasteiger charge is 2.04. The van der Waals surface area contributed by atoms with E-state index >= 15 is 0 Å². The number of hydrogen-bond acceptors (Lipinski definition) is 3. The summed E-state index contributed by atoms with van der Waals surface area (Å²) in [6.07, 6.45) is 2.42. The molecule has 0 atom stereocenters. The van der Waals surface area contributed by atoms with Crippen LogP contribution in [0.2, 0.25) is 0 Å². The van der Waals surface area contributed by atoms with Gasteiger partial charge in [-0.3, -0.25) is 0 Å². The number of carboxylic acid groups (broad SMARTS) is 1. The van der Waals surface area contributed by atoms with Crippen molar-refractivity contribution in [2.75, 3.05) is 12.0 Å². The van der Waals surface area contributed by atoms with Gasteiger partial charge in [0, 0.05) is 6.26 Å². The normalized spacial score (nSPS) is 11.3. The number of rotatable bonds is 5. The van der Waals surface area contributed by atoms with Crippen LogP contribution in [-0.4, -0.2) is 31.5 Å². The van der Waals surface area contributed by atoms with Crippen molar-refractivity contribution in [2.24, 2.45) is 0 Å². The van der Waals surface area contributed by atoms with E-state index in [0.29, 0.717) is 12.8 Å². The summed E-state index contributed by atoms with van der Waals surface area (Å²) in [4.78, 5) is 10.6. The van der Waals surface area contributed by atoms with Crippen LogP contribution in [0.25, 0.3) is 0 Å². The molecule has 0 amide bonds. The van der Waals surface area contributed by atoms with Gasteiger partial charge in [-0.2, -0.15) is 0 Å². The van der Waals surface area contributed by atoms with E-state index in [0.717, 1.165) is 5.56 Å². The molecule has 4 nitrogen and oxygen atoms in total. The Hall–Kier alpha value is -1.36. The lowest BCUT2D eigenvalue weighted by Gasteiger charge is -2.01. The molecule has 0 heterocycles. The van der Waals surface area contributed by atoms with Crippen LogP contribution in [-0.2, 0) is 16.3 Å². The summed E-state index contributed by atoms with van der Waals surface area (Å²) in [5, 5.41) is 8.68. The highest BCUT2D eigenvalue weighted by molar-refractivity contribution is 7.90. The maximum atomic E-state index is 10.9. The summed E-state index contributed by atoms with van der Waals surface area (Å²) in [5.74, 6) is -0.795. The van der Waals surface area contributed by atoms with Crippen molar-refractivity contribution < 1.29 is 18.3 Å². The number of carboxylic acids is 1. The third-order valence-electron chi connectivity index (χ3n) is 2.18. The molecule has 0 spiro atoms. The summed E-state index contributed by atoms with van der Waals surface area (Å²) >= 11 is 0. The van der Waals surface area contributed by atoms with E-state index in [2.05, 4.69) is 0 Å². The van der Waals surface area contributed by atoms with E-state index in [1.54, 1.807) is 12.1 Å². The van der Waals surface area contributed by atoms with Crippen LogP contribution in [0.3, 0.4) is 0 Å². The monoisotopic (exact) mass is 242 g/mol. The van der Waals surface area contributed by atoms with Gasteiger partial charge in [0.1, 0.15) is 9.84 Å². The highest BCUT2D eigenvalue weighted by atomic mass is 32.2. The van der Waals surface area contributed by atoms with Crippen LogP contribution in [0, 0.1) is 0 Å². The largest absolute Gasteiger partial charge is 0.478 e. The molecule has 0 bridgehead atoms. The molecule has 0 saturated carbocycles. The van der Waals surface area contributed by atoms with Crippen LogP contribution in [0.15, 0.2) is 24.3 Å². The highest BCUT2D eigenvalue weighted by Crippen LogP contribution is 2.07. The minimum atomic E-state index is -2.91. The summed E-state index contributed by atoms with van der Waals surface area (Å²) in [7, 11) is -2.91. The Labute approximate surface area is 94.8 Å². The molecule has 88 valence electrons. The fourth-order valence-corrected chi connectivity index (χ4v) is 2.02. The molecule has 5 heteroatoms. The Balaban J connectivity index is 2.53. The first-order valence-electron chi connectivity index (χ1n) is 4.88. The fourth-order valence-electron chi connectivity index (χ4n) is 1.35. The Morgan fingerprint density at radius 3 is 2.25 bits per heavy atom. The zero-order valence-electron chi connectivity index (χ0n) is 9.01. The second-order valence-electron chi connectivity index (χ2n) is 3.74. The number of aryl methyl sites for hydroxylation is 1. The molecule has 1 aromatic carbocycles. The number of hydrogen-bond donors (Lipinski definition) is 1. The number of carbonyl (C=O) groups is 1. The number of aromatic carboxylic acids is 1. The van der Waals surface area contributed by atoms with E-state index in [1.165, 1.54) is 18.4 Å². The van der Waals surface area contributed by atoms with Crippen LogP contribution >= 0.6 is 0 Å². The standard InChI is InChI=1S/C11H14O4S/c1-16(14,15)8-2-3-9-4-6-10(7-5-9)11(12)13/h4-7H,2-3,8H2,1H3,(H,12,13). The van der Waals surface area contributed by atoms with Gasteiger partial charge in [-0.15, -0.1) is 0 Å². The van der Waals surface area contributed by atoms with Gasteiger partial charge in [0.2, 0.25) is 0 Å². The van der Waals surface area contributed by atoms with Crippen LogP contribution in [0.1, 0.15) is 22.3 Å². The lowest BCUT2D eigenvalue weighted by molar-refractivity contribution is 0.0697. The summed E-state index contributed by atoms with van der Waals surface area (Å²) in [5.41, 5.74) is 1.19. The van der Waals surface area contributed by atoms with Crippen LogP contribution < -0.4 is 0 Å². The second-order valence-corrected chi connectivity index (χ2v) is 6.00. The predicted molar refractivity (Wildman–Crippen MR) is 61.4 cm³/mol. The molecule has 0 radical (unpaired) electrons. The van der Waals surface area contributed by atoms with Gasteiger partial charge in [0.05, 0.1) is 11.3 Å². The molecule has 1 rings (SSSR count). The van der Waals surface area contributed by atoms with E-state index in [4.69, 9.17) is 5.11 Å². The van der Waals surface area contributed by atoms with Gasteiger partial charge in [0.25, 0.3) is 0 Å². The fraction of sp³-hybridized carbons (Fsp3) is 0.364. The lowest BCUT2D eigenvalue weighted by Crippen LogP contribution is -2.04. The topological polar surface area (TPSA) is 71.4 Å².